The van der Waals surface area contributed by atoms with Crippen molar-refractivity contribution >= 4 is 23.1 Å². The Kier molecular flexibility index (Phi) is 5.70. The summed E-state index contributed by atoms with van der Waals surface area (Å²) in [5.41, 5.74) is 3.71. The average Bonchev–Trinajstić information content (AvgIpc) is 3.32. The minimum absolute atomic E-state index is 0.160. The third-order valence-electron chi connectivity index (χ3n) is 9.14. The topological polar surface area (TPSA) is 58.1 Å². The first-order chi connectivity index (χ1) is 17.6. The number of benzene rings is 1. The Hall–Kier alpha value is -2.57. The van der Waals surface area contributed by atoms with E-state index in [-0.39, 0.29) is 11.3 Å². The van der Waals surface area contributed by atoms with Crippen molar-refractivity contribution in [2.75, 3.05) is 11.9 Å². The van der Waals surface area contributed by atoms with Crippen molar-refractivity contribution in [1.29, 1.82) is 0 Å². The van der Waals surface area contributed by atoms with Gasteiger partial charge < -0.3 is 5.32 Å². The number of anilines is 1. The van der Waals surface area contributed by atoms with Crippen LogP contribution in [0.1, 0.15) is 61.1 Å². The molecule has 186 valence electrons. The van der Waals surface area contributed by atoms with Crippen molar-refractivity contribution in [2.45, 2.75) is 64.5 Å². The van der Waals surface area contributed by atoms with E-state index in [0.717, 1.165) is 60.9 Å². The quantitative estimate of drug-likeness (QED) is 0.433. The highest BCUT2D eigenvalue weighted by molar-refractivity contribution is 7.15. The van der Waals surface area contributed by atoms with E-state index in [1.165, 1.54) is 53.8 Å². The predicted octanol–water partition coefficient (Wildman–Crippen LogP) is 6.31. The number of rotatable bonds is 6. The Morgan fingerprint density at radius 3 is 2.50 bits per heavy atom. The van der Waals surface area contributed by atoms with Crippen LogP contribution in [0.3, 0.4) is 0 Å². The SMILES string of the molecule is O=C(CC12CC3CC(CC(C3)C1)C2)Nc1ncnc2c1CCN(Cc1ccc(-c3ccccc3)s1)C2. The van der Waals surface area contributed by atoms with E-state index in [1.54, 1.807) is 6.33 Å². The highest BCUT2D eigenvalue weighted by Gasteiger charge is 2.51. The molecule has 0 saturated heterocycles. The monoisotopic (exact) mass is 498 g/mol. The van der Waals surface area contributed by atoms with E-state index in [9.17, 15) is 4.79 Å². The molecule has 0 atom stereocenters. The summed E-state index contributed by atoms with van der Waals surface area (Å²) >= 11 is 1.87. The van der Waals surface area contributed by atoms with Crippen LogP contribution in [0.25, 0.3) is 10.4 Å². The smallest absolute Gasteiger partial charge is 0.226 e. The maximum absolute atomic E-state index is 13.2. The summed E-state index contributed by atoms with van der Waals surface area (Å²) in [7, 11) is 0. The Balaban J connectivity index is 1.00. The Morgan fingerprint density at radius 1 is 1.00 bits per heavy atom. The van der Waals surface area contributed by atoms with Gasteiger partial charge >= 0.3 is 0 Å². The number of carbonyl (C=O) groups excluding carboxylic acids is 1. The van der Waals surface area contributed by atoms with E-state index < -0.39 is 0 Å². The normalized spacial score (nSPS) is 28.7. The second-order valence-electron chi connectivity index (χ2n) is 11.9. The number of carbonyl (C=O) groups is 1. The summed E-state index contributed by atoms with van der Waals surface area (Å²) in [6, 6.07) is 15.1. The van der Waals surface area contributed by atoms with E-state index in [1.807, 2.05) is 11.3 Å². The van der Waals surface area contributed by atoms with Crippen molar-refractivity contribution in [3.05, 3.63) is 64.9 Å². The Morgan fingerprint density at radius 2 is 1.75 bits per heavy atom. The fourth-order valence-corrected chi connectivity index (χ4v) is 9.17. The van der Waals surface area contributed by atoms with Gasteiger partial charge in [-0.15, -0.1) is 11.3 Å². The number of nitrogens with zero attached hydrogens (tertiary/aromatic N) is 3. The van der Waals surface area contributed by atoms with Crippen LogP contribution in [-0.2, 0) is 24.3 Å². The number of hydrogen-bond donors (Lipinski definition) is 1. The standard InChI is InChI=1S/C30H34N4OS/c35-28(16-30-13-20-10-21(14-30)12-22(11-20)15-30)33-29-25-8-9-34(18-26(25)31-19-32-29)17-24-6-7-27(36-24)23-4-2-1-3-5-23/h1-7,19-22H,8-18H2,(H,31,32,33,35). The van der Waals surface area contributed by atoms with Crippen LogP contribution in [0.5, 0.6) is 0 Å². The first kappa shape index (κ1) is 22.6. The number of thiophene rings is 1. The fraction of sp³-hybridized carbons (Fsp3) is 0.500. The van der Waals surface area contributed by atoms with Crippen LogP contribution in [-0.4, -0.2) is 27.3 Å². The van der Waals surface area contributed by atoms with E-state index >= 15 is 0 Å². The molecule has 0 spiro atoms. The molecule has 4 bridgehead atoms. The number of hydrogen-bond acceptors (Lipinski definition) is 5. The minimum Gasteiger partial charge on any atom is -0.310 e. The highest BCUT2D eigenvalue weighted by atomic mass is 32.1. The van der Waals surface area contributed by atoms with Crippen molar-refractivity contribution in [3.63, 3.8) is 0 Å². The summed E-state index contributed by atoms with van der Waals surface area (Å²) in [6.07, 6.45) is 11.2. The number of amides is 1. The van der Waals surface area contributed by atoms with Gasteiger partial charge in [-0.3, -0.25) is 9.69 Å². The molecule has 4 aliphatic carbocycles. The summed E-state index contributed by atoms with van der Waals surface area (Å²) in [5.74, 6) is 3.51. The molecule has 3 aromatic rings. The van der Waals surface area contributed by atoms with Crippen molar-refractivity contribution in [2.24, 2.45) is 23.2 Å². The zero-order valence-electron chi connectivity index (χ0n) is 20.8. The summed E-state index contributed by atoms with van der Waals surface area (Å²) in [5, 5.41) is 3.22. The lowest BCUT2D eigenvalue weighted by atomic mass is 9.49. The molecule has 1 aromatic carbocycles. The molecule has 4 fully saturated rings. The largest absolute Gasteiger partial charge is 0.310 e. The maximum atomic E-state index is 13.2. The van der Waals surface area contributed by atoms with Gasteiger partial charge in [-0.2, -0.15) is 0 Å². The Labute approximate surface area is 217 Å². The lowest BCUT2D eigenvalue weighted by molar-refractivity contribution is -0.124. The molecule has 1 amide bonds. The second-order valence-corrected chi connectivity index (χ2v) is 13.1. The van der Waals surface area contributed by atoms with Gasteiger partial charge in [-0.1, -0.05) is 30.3 Å². The first-order valence-electron chi connectivity index (χ1n) is 13.6. The average molecular weight is 499 g/mol. The van der Waals surface area contributed by atoms with Crippen LogP contribution in [0.4, 0.5) is 5.82 Å². The van der Waals surface area contributed by atoms with Crippen LogP contribution in [0, 0.1) is 23.2 Å². The molecule has 5 nitrogen and oxygen atoms in total. The van der Waals surface area contributed by atoms with Gasteiger partial charge in [0.15, 0.2) is 0 Å². The Bertz CT molecular complexity index is 1230. The molecule has 5 aliphatic rings. The van der Waals surface area contributed by atoms with Crippen molar-refractivity contribution in [3.8, 4) is 10.4 Å². The minimum atomic E-state index is 0.160. The van der Waals surface area contributed by atoms with E-state index in [4.69, 9.17) is 0 Å². The molecule has 2 aromatic heterocycles. The van der Waals surface area contributed by atoms with Crippen LogP contribution < -0.4 is 5.32 Å². The molecule has 36 heavy (non-hydrogen) atoms. The predicted molar refractivity (Wildman–Crippen MR) is 143 cm³/mol. The molecule has 4 saturated carbocycles. The van der Waals surface area contributed by atoms with Crippen molar-refractivity contribution in [1.82, 2.24) is 14.9 Å². The van der Waals surface area contributed by atoms with Gasteiger partial charge in [0.1, 0.15) is 12.1 Å². The molecule has 0 unspecified atom stereocenters. The van der Waals surface area contributed by atoms with Crippen LogP contribution in [0.2, 0.25) is 0 Å². The van der Waals surface area contributed by atoms with Crippen LogP contribution in [0.15, 0.2) is 48.8 Å². The van der Waals surface area contributed by atoms with E-state index in [0.29, 0.717) is 6.42 Å². The van der Waals surface area contributed by atoms with Gasteiger partial charge in [0.05, 0.1) is 5.69 Å². The highest BCUT2D eigenvalue weighted by Crippen LogP contribution is 2.61. The lowest BCUT2D eigenvalue weighted by Gasteiger charge is -2.56. The molecular weight excluding hydrogens is 464 g/mol. The zero-order chi connectivity index (χ0) is 24.1. The third-order valence-corrected chi connectivity index (χ3v) is 10.3. The number of fused-ring (bicyclic) bond motifs is 1. The third kappa shape index (κ3) is 4.39. The van der Waals surface area contributed by atoms with Gasteiger partial charge in [-0.05, 0) is 85.8 Å². The zero-order valence-corrected chi connectivity index (χ0v) is 21.6. The van der Waals surface area contributed by atoms with Crippen molar-refractivity contribution < 1.29 is 4.79 Å². The fourth-order valence-electron chi connectivity index (χ4n) is 8.12. The molecule has 6 heteroatoms. The molecule has 1 aliphatic heterocycles. The number of aromatic nitrogens is 2. The van der Waals surface area contributed by atoms with Gasteiger partial charge in [0.2, 0.25) is 5.91 Å². The van der Waals surface area contributed by atoms with Gasteiger partial charge in [0, 0.05) is 41.4 Å². The molecule has 0 radical (unpaired) electrons. The summed E-state index contributed by atoms with van der Waals surface area (Å²) in [6.45, 7) is 2.68. The molecule has 3 heterocycles. The maximum Gasteiger partial charge on any atom is 0.226 e. The lowest BCUT2D eigenvalue weighted by Crippen LogP contribution is -2.47. The van der Waals surface area contributed by atoms with E-state index in [2.05, 4.69) is 62.6 Å². The summed E-state index contributed by atoms with van der Waals surface area (Å²) < 4.78 is 0. The molecule has 1 N–H and O–H groups in total. The van der Waals surface area contributed by atoms with Gasteiger partial charge in [-0.25, -0.2) is 9.97 Å². The van der Waals surface area contributed by atoms with Gasteiger partial charge in [0.25, 0.3) is 0 Å². The molecule has 8 rings (SSSR count). The van der Waals surface area contributed by atoms with Crippen LogP contribution >= 0.6 is 11.3 Å². The number of nitrogens with one attached hydrogen (secondary N) is 1. The second kappa shape index (κ2) is 9.07. The first-order valence-corrected chi connectivity index (χ1v) is 14.4. The summed E-state index contributed by atoms with van der Waals surface area (Å²) in [4.78, 5) is 27.5. The molecular formula is C30H34N4OS.